The molecule has 0 saturated heterocycles. The van der Waals surface area contributed by atoms with Gasteiger partial charge in [0.2, 0.25) is 0 Å². The summed E-state index contributed by atoms with van der Waals surface area (Å²) in [7, 11) is 0. The first-order valence-electron chi connectivity index (χ1n) is 11.9. The zero-order chi connectivity index (χ0) is 22.6. The van der Waals surface area contributed by atoms with Gasteiger partial charge < -0.3 is 36.4 Å². The molecule has 0 aromatic rings. The molecule has 9 heteroatoms. The SMILES string of the molecule is O=C(O)NC(CC1CCCCC1)[C@H](O)CNC[C@H](O)C(CC1CCCCC1)NC(=O)O. The van der Waals surface area contributed by atoms with E-state index in [2.05, 4.69) is 16.0 Å². The van der Waals surface area contributed by atoms with Crippen LogP contribution in [0.15, 0.2) is 0 Å². The maximum absolute atomic E-state index is 11.2. The average Bonchev–Trinajstić information content (AvgIpc) is 2.73. The Bertz CT molecular complexity index is 491. The first-order chi connectivity index (χ1) is 14.8. The molecule has 31 heavy (non-hydrogen) atoms. The topological polar surface area (TPSA) is 151 Å². The maximum atomic E-state index is 11.2. The summed E-state index contributed by atoms with van der Waals surface area (Å²) in [5, 5.41) is 47.3. The van der Waals surface area contributed by atoms with E-state index in [1.807, 2.05) is 0 Å². The lowest BCUT2D eigenvalue weighted by Crippen LogP contribution is -2.51. The number of rotatable bonds is 12. The van der Waals surface area contributed by atoms with Gasteiger partial charge in [-0.15, -0.1) is 0 Å². The predicted molar refractivity (Wildman–Crippen MR) is 117 cm³/mol. The molecule has 4 atom stereocenters. The van der Waals surface area contributed by atoms with Crippen molar-refractivity contribution < 1.29 is 30.0 Å². The summed E-state index contributed by atoms with van der Waals surface area (Å²) in [5.41, 5.74) is 0. The summed E-state index contributed by atoms with van der Waals surface area (Å²) in [4.78, 5) is 22.3. The second-order valence-corrected chi connectivity index (χ2v) is 9.38. The van der Waals surface area contributed by atoms with Crippen LogP contribution in [0, 0.1) is 11.8 Å². The number of hydrogen-bond acceptors (Lipinski definition) is 5. The quantitative estimate of drug-likeness (QED) is 0.245. The highest BCUT2D eigenvalue weighted by Crippen LogP contribution is 2.29. The minimum Gasteiger partial charge on any atom is -0.465 e. The highest BCUT2D eigenvalue weighted by molar-refractivity contribution is 5.65. The van der Waals surface area contributed by atoms with Crippen LogP contribution in [-0.2, 0) is 0 Å². The standard InChI is InChI=1S/C22H41N3O6/c26-19(17(24-21(28)29)11-15-7-3-1-4-8-15)13-23-14-20(27)18(25-22(30)31)12-16-9-5-2-6-10-16/h15-20,23-27H,1-14H2,(H,28,29)(H,30,31)/t17?,18?,19-,20+. The lowest BCUT2D eigenvalue weighted by Gasteiger charge is -2.31. The molecule has 2 amide bonds. The number of carbonyl (C=O) groups is 2. The molecule has 0 aliphatic heterocycles. The molecule has 9 nitrogen and oxygen atoms in total. The van der Waals surface area contributed by atoms with E-state index in [1.54, 1.807) is 0 Å². The van der Waals surface area contributed by atoms with Crippen LogP contribution in [0.4, 0.5) is 9.59 Å². The largest absolute Gasteiger partial charge is 0.465 e. The molecule has 0 aromatic carbocycles. The molecule has 2 rings (SSSR count). The van der Waals surface area contributed by atoms with E-state index in [1.165, 1.54) is 12.8 Å². The minimum absolute atomic E-state index is 0.123. The van der Waals surface area contributed by atoms with Crippen molar-refractivity contribution in [3.05, 3.63) is 0 Å². The molecule has 2 unspecified atom stereocenters. The van der Waals surface area contributed by atoms with Crippen LogP contribution < -0.4 is 16.0 Å². The number of amides is 2. The summed E-state index contributed by atoms with van der Waals surface area (Å²) in [6.45, 7) is 0.246. The smallest absolute Gasteiger partial charge is 0.404 e. The van der Waals surface area contributed by atoms with Crippen molar-refractivity contribution in [2.45, 2.75) is 101 Å². The third-order valence-corrected chi connectivity index (χ3v) is 6.88. The lowest BCUT2D eigenvalue weighted by atomic mass is 9.83. The lowest BCUT2D eigenvalue weighted by molar-refractivity contribution is 0.0829. The van der Waals surface area contributed by atoms with E-state index in [0.29, 0.717) is 24.7 Å². The molecule has 2 aliphatic rings. The minimum atomic E-state index is -1.15. The number of aliphatic hydroxyl groups is 2. The van der Waals surface area contributed by atoms with E-state index in [-0.39, 0.29) is 13.1 Å². The van der Waals surface area contributed by atoms with Crippen molar-refractivity contribution >= 4 is 12.2 Å². The monoisotopic (exact) mass is 443 g/mol. The Kier molecular flexibility index (Phi) is 11.4. The third kappa shape index (κ3) is 10.1. The van der Waals surface area contributed by atoms with Gasteiger partial charge in [-0.2, -0.15) is 0 Å². The second-order valence-electron chi connectivity index (χ2n) is 9.38. The molecule has 2 aliphatic carbocycles. The van der Waals surface area contributed by atoms with Gasteiger partial charge >= 0.3 is 12.2 Å². The molecular formula is C22H41N3O6. The molecule has 0 spiro atoms. The fourth-order valence-electron chi connectivity index (χ4n) is 5.17. The fourth-order valence-corrected chi connectivity index (χ4v) is 5.17. The number of nitrogens with one attached hydrogen (secondary N) is 3. The molecule has 0 bridgehead atoms. The summed E-state index contributed by atoms with van der Waals surface area (Å²) in [6, 6.07) is -1.14. The second kappa shape index (κ2) is 13.8. The van der Waals surface area contributed by atoms with Crippen molar-refractivity contribution in [2.24, 2.45) is 11.8 Å². The van der Waals surface area contributed by atoms with Gasteiger partial charge in [-0.1, -0.05) is 64.2 Å². The number of carboxylic acid groups (broad SMARTS) is 2. The molecule has 7 N–H and O–H groups in total. The van der Waals surface area contributed by atoms with E-state index < -0.39 is 36.5 Å². The molecule has 2 saturated carbocycles. The van der Waals surface area contributed by atoms with Crippen LogP contribution in [0.5, 0.6) is 0 Å². The summed E-state index contributed by atoms with van der Waals surface area (Å²) >= 11 is 0. The maximum Gasteiger partial charge on any atom is 0.404 e. The first kappa shape index (κ1) is 25.7. The van der Waals surface area contributed by atoms with E-state index in [9.17, 15) is 19.8 Å². The summed E-state index contributed by atoms with van der Waals surface area (Å²) < 4.78 is 0. The Balaban J connectivity index is 1.81. The number of hydrogen-bond donors (Lipinski definition) is 7. The zero-order valence-electron chi connectivity index (χ0n) is 18.5. The predicted octanol–water partition coefficient (Wildman–Crippen LogP) is 2.51. The van der Waals surface area contributed by atoms with Crippen LogP contribution in [0.25, 0.3) is 0 Å². The average molecular weight is 444 g/mol. The Hall–Kier alpha value is -1.58. The van der Waals surface area contributed by atoms with Gasteiger partial charge in [-0.3, -0.25) is 0 Å². The van der Waals surface area contributed by atoms with Gasteiger partial charge in [0.25, 0.3) is 0 Å². The molecule has 0 radical (unpaired) electrons. The Morgan fingerprint density at radius 3 is 1.35 bits per heavy atom. The molecule has 0 aromatic heterocycles. The van der Waals surface area contributed by atoms with Crippen molar-refractivity contribution in [3.63, 3.8) is 0 Å². The molecule has 0 heterocycles. The van der Waals surface area contributed by atoms with Gasteiger partial charge in [-0.25, -0.2) is 9.59 Å². The van der Waals surface area contributed by atoms with Crippen molar-refractivity contribution in [3.8, 4) is 0 Å². The zero-order valence-corrected chi connectivity index (χ0v) is 18.5. The normalized spacial score (nSPS) is 22.3. The van der Waals surface area contributed by atoms with Crippen molar-refractivity contribution in [1.29, 1.82) is 0 Å². The van der Waals surface area contributed by atoms with Crippen LogP contribution in [0.3, 0.4) is 0 Å². The van der Waals surface area contributed by atoms with Crippen molar-refractivity contribution in [2.75, 3.05) is 13.1 Å². The molecule has 2 fully saturated rings. The summed E-state index contributed by atoms with van der Waals surface area (Å²) in [5.74, 6) is 0.816. The molecule has 180 valence electrons. The first-order valence-corrected chi connectivity index (χ1v) is 11.9. The van der Waals surface area contributed by atoms with Crippen LogP contribution in [0.2, 0.25) is 0 Å². The number of aliphatic hydroxyl groups excluding tert-OH is 2. The van der Waals surface area contributed by atoms with E-state index >= 15 is 0 Å². The van der Waals surface area contributed by atoms with Gasteiger partial charge in [0.05, 0.1) is 24.3 Å². The molecular weight excluding hydrogens is 402 g/mol. The van der Waals surface area contributed by atoms with Gasteiger partial charge in [0.1, 0.15) is 0 Å². The van der Waals surface area contributed by atoms with Gasteiger partial charge in [0, 0.05) is 13.1 Å². The Morgan fingerprint density at radius 1 is 0.677 bits per heavy atom. The van der Waals surface area contributed by atoms with Crippen molar-refractivity contribution in [1.82, 2.24) is 16.0 Å². The summed E-state index contributed by atoms with van der Waals surface area (Å²) in [6.07, 6.45) is 8.26. The van der Waals surface area contributed by atoms with Crippen LogP contribution >= 0.6 is 0 Å². The third-order valence-electron chi connectivity index (χ3n) is 6.88. The Labute approximate surface area is 185 Å². The van der Waals surface area contributed by atoms with E-state index in [0.717, 1.165) is 51.4 Å². The van der Waals surface area contributed by atoms with Gasteiger partial charge in [0.15, 0.2) is 0 Å². The highest BCUT2D eigenvalue weighted by Gasteiger charge is 2.28. The van der Waals surface area contributed by atoms with Gasteiger partial charge in [-0.05, 0) is 24.7 Å². The van der Waals surface area contributed by atoms with Crippen LogP contribution in [-0.4, -0.2) is 70.0 Å². The Morgan fingerprint density at radius 2 is 1.03 bits per heavy atom. The highest BCUT2D eigenvalue weighted by atomic mass is 16.4. The van der Waals surface area contributed by atoms with E-state index in [4.69, 9.17) is 10.2 Å². The van der Waals surface area contributed by atoms with Crippen LogP contribution in [0.1, 0.15) is 77.0 Å². The fraction of sp³-hybridized carbons (Fsp3) is 0.909.